The van der Waals surface area contributed by atoms with Gasteiger partial charge < -0.3 is 5.32 Å². The summed E-state index contributed by atoms with van der Waals surface area (Å²) >= 11 is 1.52. The second kappa shape index (κ2) is 4.58. The molecule has 18 heavy (non-hydrogen) atoms. The zero-order valence-electron chi connectivity index (χ0n) is 9.38. The molecule has 1 amide bonds. The maximum Gasteiger partial charge on any atom is 0.251 e. The fourth-order valence-electron chi connectivity index (χ4n) is 1.68. The molecular weight excluding hydrogens is 248 g/mol. The topological polar surface area (TPSA) is 70.7 Å². The van der Waals surface area contributed by atoms with Crippen molar-refractivity contribution in [2.24, 2.45) is 0 Å². The average Bonchev–Trinajstić information content (AvgIpc) is 3.05. The molecule has 0 unspecified atom stereocenters. The van der Waals surface area contributed by atoms with E-state index in [4.69, 9.17) is 0 Å². The van der Waals surface area contributed by atoms with Gasteiger partial charge in [-0.15, -0.1) is 11.3 Å². The molecule has 2 aromatic heterocycles. The van der Waals surface area contributed by atoms with Crippen LogP contribution in [0.1, 0.15) is 15.4 Å². The molecule has 3 rings (SSSR count). The van der Waals surface area contributed by atoms with Crippen molar-refractivity contribution in [3.63, 3.8) is 0 Å². The molecule has 0 fully saturated rings. The van der Waals surface area contributed by atoms with Crippen LogP contribution in [0, 0.1) is 0 Å². The molecule has 6 heteroatoms. The lowest BCUT2D eigenvalue weighted by Gasteiger charge is -2.03. The summed E-state index contributed by atoms with van der Waals surface area (Å²) in [5.41, 5.74) is 1.47. The van der Waals surface area contributed by atoms with E-state index in [1.807, 2.05) is 11.4 Å². The zero-order valence-corrected chi connectivity index (χ0v) is 10.2. The van der Waals surface area contributed by atoms with E-state index in [9.17, 15) is 4.79 Å². The lowest BCUT2D eigenvalue weighted by molar-refractivity contribution is 0.0951. The van der Waals surface area contributed by atoms with Crippen molar-refractivity contribution in [1.29, 1.82) is 0 Å². The van der Waals surface area contributed by atoms with E-state index in [-0.39, 0.29) is 5.91 Å². The summed E-state index contributed by atoms with van der Waals surface area (Å²) in [6.07, 6.45) is 3.45. The average molecular weight is 258 g/mol. The van der Waals surface area contributed by atoms with E-state index in [0.717, 1.165) is 15.9 Å². The van der Waals surface area contributed by atoms with Crippen molar-refractivity contribution >= 4 is 28.1 Å². The number of aromatic nitrogens is 3. The van der Waals surface area contributed by atoms with E-state index in [0.29, 0.717) is 12.1 Å². The molecule has 2 N–H and O–H groups in total. The van der Waals surface area contributed by atoms with Gasteiger partial charge in [0.15, 0.2) is 0 Å². The number of carbonyl (C=O) groups excluding carboxylic acids is 1. The van der Waals surface area contributed by atoms with Gasteiger partial charge in [0.1, 0.15) is 5.01 Å². The molecule has 2 heterocycles. The Balaban J connectivity index is 1.75. The molecule has 90 valence electrons. The number of thiazole rings is 1. The number of amides is 1. The molecule has 0 aliphatic heterocycles. The number of benzene rings is 1. The van der Waals surface area contributed by atoms with Crippen LogP contribution in [0.15, 0.2) is 36.0 Å². The summed E-state index contributed by atoms with van der Waals surface area (Å²) in [6.45, 7) is 0.456. The molecule has 0 aliphatic rings. The highest BCUT2D eigenvalue weighted by molar-refractivity contribution is 7.09. The number of aromatic amines is 1. The van der Waals surface area contributed by atoms with Gasteiger partial charge in [0, 0.05) is 22.5 Å². The first-order valence-electron chi connectivity index (χ1n) is 5.42. The first kappa shape index (κ1) is 10.9. The number of hydrogen-bond donors (Lipinski definition) is 2. The summed E-state index contributed by atoms with van der Waals surface area (Å²) in [5.74, 6) is -0.110. The molecular formula is C12H10N4OS. The third kappa shape index (κ3) is 2.10. The van der Waals surface area contributed by atoms with Crippen LogP contribution >= 0.6 is 11.3 Å². The van der Waals surface area contributed by atoms with Gasteiger partial charge in [0.05, 0.1) is 18.3 Å². The van der Waals surface area contributed by atoms with Crippen LogP contribution in [-0.2, 0) is 6.54 Å². The quantitative estimate of drug-likeness (QED) is 0.754. The minimum absolute atomic E-state index is 0.110. The van der Waals surface area contributed by atoms with Crippen molar-refractivity contribution in [2.75, 3.05) is 0 Å². The van der Waals surface area contributed by atoms with Crippen LogP contribution in [0.25, 0.3) is 10.9 Å². The van der Waals surface area contributed by atoms with Gasteiger partial charge in [-0.3, -0.25) is 9.89 Å². The van der Waals surface area contributed by atoms with E-state index in [1.165, 1.54) is 11.3 Å². The fourth-order valence-corrected chi connectivity index (χ4v) is 2.23. The van der Waals surface area contributed by atoms with E-state index < -0.39 is 0 Å². The molecule has 5 nitrogen and oxygen atoms in total. The van der Waals surface area contributed by atoms with Crippen LogP contribution in [0.2, 0.25) is 0 Å². The second-order valence-electron chi connectivity index (χ2n) is 3.78. The van der Waals surface area contributed by atoms with Crippen LogP contribution in [-0.4, -0.2) is 21.1 Å². The Morgan fingerprint density at radius 1 is 1.44 bits per heavy atom. The first-order valence-corrected chi connectivity index (χ1v) is 6.30. The maximum atomic E-state index is 11.9. The largest absolute Gasteiger partial charge is 0.346 e. The van der Waals surface area contributed by atoms with E-state index in [1.54, 1.807) is 24.5 Å². The third-order valence-electron chi connectivity index (χ3n) is 2.59. The molecule has 0 bridgehead atoms. The fraction of sp³-hybridized carbons (Fsp3) is 0.0833. The molecule has 0 saturated heterocycles. The molecule has 0 atom stereocenters. The van der Waals surface area contributed by atoms with Gasteiger partial charge in [-0.2, -0.15) is 5.10 Å². The first-order chi connectivity index (χ1) is 8.83. The second-order valence-corrected chi connectivity index (χ2v) is 4.76. The highest BCUT2D eigenvalue weighted by Gasteiger charge is 2.07. The third-order valence-corrected chi connectivity index (χ3v) is 3.37. The van der Waals surface area contributed by atoms with Crippen molar-refractivity contribution in [1.82, 2.24) is 20.5 Å². The van der Waals surface area contributed by atoms with Crippen molar-refractivity contribution < 1.29 is 4.79 Å². The molecule has 0 aliphatic carbocycles. The van der Waals surface area contributed by atoms with Gasteiger partial charge in [-0.05, 0) is 12.1 Å². The Morgan fingerprint density at radius 2 is 2.39 bits per heavy atom. The number of nitrogens with zero attached hydrogens (tertiary/aromatic N) is 2. The minimum atomic E-state index is -0.110. The van der Waals surface area contributed by atoms with Crippen LogP contribution < -0.4 is 5.32 Å². The number of hydrogen-bond acceptors (Lipinski definition) is 4. The summed E-state index contributed by atoms with van der Waals surface area (Å²) in [6, 6.07) is 5.45. The van der Waals surface area contributed by atoms with Gasteiger partial charge in [-0.1, -0.05) is 6.07 Å². The Labute approximate surface area is 107 Å². The van der Waals surface area contributed by atoms with Gasteiger partial charge in [-0.25, -0.2) is 4.98 Å². The van der Waals surface area contributed by atoms with Crippen LogP contribution in [0.5, 0.6) is 0 Å². The van der Waals surface area contributed by atoms with Gasteiger partial charge >= 0.3 is 0 Å². The Bertz CT molecular complexity index is 674. The van der Waals surface area contributed by atoms with Crippen molar-refractivity contribution in [3.05, 3.63) is 46.5 Å². The Kier molecular flexibility index (Phi) is 2.77. The lowest BCUT2D eigenvalue weighted by Crippen LogP contribution is -2.22. The lowest BCUT2D eigenvalue weighted by atomic mass is 10.1. The summed E-state index contributed by atoms with van der Waals surface area (Å²) in [7, 11) is 0. The molecule has 0 saturated carbocycles. The number of fused-ring (bicyclic) bond motifs is 1. The highest BCUT2D eigenvalue weighted by Crippen LogP contribution is 2.13. The summed E-state index contributed by atoms with van der Waals surface area (Å²) < 4.78 is 0. The number of carbonyl (C=O) groups is 1. The maximum absolute atomic E-state index is 11.9. The number of rotatable bonds is 3. The normalized spacial score (nSPS) is 10.7. The van der Waals surface area contributed by atoms with E-state index in [2.05, 4.69) is 20.5 Å². The monoisotopic (exact) mass is 258 g/mol. The van der Waals surface area contributed by atoms with Crippen molar-refractivity contribution in [3.8, 4) is 0 Å². The zero-order chi connectivity index (χ0) is 12.4. The van der Waals surface area contributed by atoms with E-state index >= 15 is 0 Å². The SMILES string of the molecule is O=C(NCc1nccs1)c1ccc2cn[nH]c2c1. The van der Waals surface area contributed by atoms with Gasteiger partial charge in [0.25, 0.3) is 5.91 Å². The van der Waals surface area contributed by atoms with Crippen LogP contribution in [0.3, 0.4) is 0 Å². The number of H-pyrrole nitrogens is 1. The molecule has 0 spiro atoms. The standard InChI is InChI=1S/C12H10N4OS/c17-12(14-7-11-13-3-4-18-11)8-1-2-9-6-15-16-10(9)5-8/h1-6H,7H2,(H,14,17)(H,15,16). The van der Waals surface area contributed by atoms with Gasteiger partial charge in [0.2, 0.25) is 0 Å². The Morgan fingerprint density at radius 3 is 3.22 bits per heavy atom. The predicted octanol–water partition coefficient (Wildman–Crippen LogP) is 1.95. The van der Waals surface area contributed by atoms with Crippen LogP contribution in [0.4, 0.5) is 0 Å². The smallest absolute Gasteiger partial charge is 0.251 e. The summed E-state index contributed by atoms with van der Waals surface area (Å²) in [5, 5.41) is 13.4. The molecule has 0 radical (unpaired) electrons. The minimum Gasteiger partial charge on any atom is -0.346 e. The Hall–Kier alpha value is -2.21. The number of nitrogens with one attached hydrogen (secondary N) is 2. The van der Waals surface area contributed by atoms with Crippen molar-refractivity contribution in [2.45, 2.75) is 6.54 Å². The molecule has 3 aromatic rings. The summed E-state index contributed by atoms with van der Waals surface area (Å²) in [4.78, 5) is 16.0. The highest BCUT2D eigenvalue weighted by atomic mass is 32.1. The predicted molar refractivity (Wildman–Crippen MR) is 69.4 cm³/mol. The molecule has 1 aromatic carbocycles.